The lowest BCUT2D eigenvalue weighted by atomic mass is 9.97. The largest absolute Gasteiger partial charge is 0.393 e. The number of hydrogen-bond donors (Lipinski definition) is 1. The lowest BCUT2D eigenvalue weighted by molar-refractivity contribution is 0.0874. The van der Waals surface area contributed by atoms with Gasteiger partial charge < -0.3 is 5.11 Å². The molecule has 1 N–H and O–H groups in total. The first-order chi connectivity index (χ1) is 4.88. The van der Waals surface area contributed by atoms with Crippen molar-refractivity contribution in [1.82, 2.24) is 0 Å². The highest BCUT2D eigenvalue weighted by atomic mass is 16.3. The minimum atomic E-state index is 0.146. The molecular weight excluding hydrogens is 124 g/mol. The number of aliphatic hydroxyl groups is 1. The normalized spacial score (nSPS) is 80.7. The topological polar surface area (TPSA) is 20.2 Å². The lowest BCUT2D eigenvalue weighted by Gasteiger charge is -2.15. The van der Waals surface area contributed by atoms with Gasteiger partial charge in [0.15, 0.2) is 0 Å². The third-order valence-electron chi connectivity index (χ3n) is 4.55. The zero-order valence-corrected chi connectivity index (χ0v) is 5.90. The van der Waals surface area contributed by atoms with Gasteiger partial charge in [-0.3, -0.25) is 0 Å². The van der Waals surface area contributed by atoms with E-state index in [1.807, 2.05) is 0 Å². The first-order valence-electron chi connectivity index (χ1n) is 4.56. The van der Waals surface area contributed by atoms with Crippen LogP contribution in [-0.2, 0) is 0 Å². The summed E-state index contributed by atoms with van der Waals surface area (Å²) in [5.41, 5.74) is 0. The van der Waals surface area contributed by atoms with Crippen LogP contribution in [0.2, 0.25) is 0 Å². The highest BCUT2D eigenvalue weighted by Crippen LogP contribution is 2.77. The van der Waals surface area contributed by atoms with E-state index in [0.717, 1.165) is 35.5 Å². The van der Waals surface area contributed by atoms with Crippen molar-refractivity contribution in [2.24, 2.45) is 35.5 Å². The molecule has 4 aliphatic carbocycles. The van der Waals surface area contributed by atoms with Crippen molar-refractivity contribution in [2.45, 2.75) is 18.9 Å². The van der Waals surface area contributed by atoms with Crippen LogP contribution in [0.3, 0.4) is 0 Å². The Kier molecular flexibility index (Phi) is 0.513. The fourth-order valence-corrected chi connectivity index (χ4v) is 4.15. The molecule has 0 heterocycles. The Hall–Kier alpha value is -0.0400. The molecule has 0 spiro atoms. The average Bonchev–Trinajstić information content (AvgIpc) is 2.71. The third kappa shape index (κ3) is 0.298. The van der Waals surface area contributed by atoms with E-state index in [4.69, 9.17) is 0 Å². The molecule has 4 unspecified atom stereocenters. The van der Waals surface area contributed by atoms with Crippen molar-refractivity contribution in [3.63, 3.8) is 0 Å². The molecule has 0 aliphatic heterocycles. The first-order valence-corrected chi connectivity index (χ1v) is 4.56. The van der Waals surface area contributed by atoms with Crippen LogP contribution in [0.5, 0.6) is 0 Å². The van der Waals surface area contributed by atoms with E-state index in [0.29, 0.717) is 0 Å². The molecule has 0 aromatic rings. The second kappa shape index (κ2) is 1.08. The van der Waals surface area contributed by atoms with Gasteiger partial charge in [0.25, 0.3) is 0 Å². The minimum Gasteiger partial charge on any atom is -0.393 e. The highest BCUT2D eigenvalue weighted by molar-refractivity contribution is 5.23. The molecule has 1 heteroatoms. The smallest absolute Gasteiger partial charge is 0.0607 e. The highest BCUT2D eigenvalue weighted by Gasteiger charge is 2.74. The van der Waals surface area contributed by atoms with E-state index < -0.39 is 0 Å². The maximum Gasteiger partial charge on any atom is 0.0607 e. The molecule has 4 aliphatic rings. The van der Waals surface area contributed by atoms with E-state index in [2.05, 4.69) is 0 Å². The van der Waals surface area contributed by atoms with Crippen molar-refractivity contribution >= 4 is 0 Å². The number of aliphatic hydroxyl groups excluding tert-OH is 1. The summed E-state index contributed by atoms with van der Waals surface area (Å²) >= 11 is 0. The van der Waals surface area contributed by atoms with E-state index in [-0.39, 0.29) is 6.10 Å². The standard InChI is InChI=1S/C9H12O/c10-9-7-3-1-4(3)8(9)6-2-5(6)7/h3-10H,1-2H2. The van der Waals surface area contributed by atoms with Crippen molar-refractivity contribution in [2.75, 3.05) is 0 Å². The van der Waals surface area contributed by atoms with Gasteiger partial charge in [0, 0.05) is 0 Å². The molecule has 4 rings (SSSR count). The first kappa shape index (κ1) is 4.76. The van der Waals surface area contributed by atoms with Crippen LogP contribution in [0.25, 0.3) is 0 Å². The second-order valence-corrected chi connectivity index (χ2v) is 4.77. The predicted molar refractivity (Wildman–Crippen MR) is 36.2 cm³/mol. The molecule has 4 atom stereocenters. The van der Waals surface area contributed by atoms with E-state index >= 15 is 0 Å². The molecule has 10 heavy (non-hydrogen) atoms. The van der Waals surface area contributed by atoms with Gasteiger partial charge in [0.1, 0.15) is 0 Å². The van der Waals surface area contributed by atoms with Crippen LogP contribution in [0.15, 0.2) is 0 Å². The number of rotatable bonds is 0. The molecule has 54 valence electrons. The van der Waals surface area contributed by atoms with Gasteiger partial charge in [-0.1, -0.05) is 0 Å². The van der Waals surface area contributed by atoms with Crippen molar-refractivity contribution < 1.29 is 5.11 Å². The van der Waals surface area contributed by atoms with Crippen LogP contribution < -0.4 is 0 Å². The summed E-state index contributed by atoms with van der Waals surface area (Å²) in [6.45, 7) is 0. The SMILES string of the molecule is OC1C2C3CC3C1C1CC12. The Labute approximate surface area is 60.4 Å². The second-order valence-electron chi connectivity index (χ2n) is 4.77. The number of hydrogen-bond acceptors (Lipinski definition) is 1. The third-order valence-corrected chi connectivity index (χ3v) is 4.55. The molecule has 0 aromatic heterocycles. The molecule has 4 saturated carbocycles. The molecule has 0 amide bonds. The monoisotopic (exact) mass is 136 g/mol. The summed E-state index contributed by atoms with van der Waals surface area (Å²) in [6.07, 6.45) is 3.09. The fraction of sp³-hybridized carbons (Fsp3) is 1.00. The summed E-state index contributed by atoms with van der Waals surface area (Å²) in [5, 5.41) is 9.73. The number of fused-ring (bicyclic) bond motifs is 8. The molecule has 1 nitrogen and oxygen atoms in total. The van der Waals surface area contributed by atoms with E-state index in [1.165, 1.54) is 12.8 Å². The van der Waals surface area contributed by atoms with Crippen molar-refractivity contribution in [3.8, 4) is 0 Å². The maximum absolute atomic E-state index is 9.73. The summed E-state index contributed by atoms with van der Waals surface area (Å²) in [5.74, 6) is 5.51. The summed E-state index contributed by atoms with van der Waals surface area (Å²) in [7, 11) is 0. The molecule has 4 fully saturated rings. The van der Waals surface area contributed by atoms with Crippen molar-refractivity contribution in [1.29, 1.82) is 0 Å². The molecular formula is C9H12O. The average molecular weight is 136 g/mol. The zero-order valence-electron chi connectivity index (χ0n) is 5.90. The molecule has 0 aromatic carbocycles. The summed E-state index contributed by atoms with van der Waals surface area (Å²) in [6, 6.07) is 0. The van der Waals surface area contributed by atoms with Crippen LogP contribution in [-0.4, -0.2) is 11.2 Å². The van der Waals surface area contributed by atoms with Crippen LogP contribution in [0.4, 0.5) is 0 Å². The molecule has 0 radical (unpaired) electrons. The Balaban J connectivity index is 1.88. The van der Waals surface area contributed by atoms with Gasteiger partial charge in [0.05, 0.1) is 6.10 Å². The van der Waals surface area contributed by atoms with Gasteiger partial charge in [0.2, 0.25) is 0 Å². The molecule has 0 saturated heterocycles. The van der Waals surface area contributed by atoms with Gasteiger partial charge in [-0.15, -0.1) is 0 Å². The Morgan fingerprint density at radius 1 is 0.800 bits per heavy atom. The Morgan fingerprint density at radius 2 is 1.20 bits per heavy atom. The Bertz CT molecular complexity index is 175. The van der Waals surface area contributed by atoms with Gasteiger partial charge in [-0.25, -0.2) is 0 Å². The molecule has 2 bridgehead atoms. The predicted octanol–water partition coefficient (Wildman–Crippen LogP) is 0.879. The van der Waals surface area contributed by atoms with E-state index in [9.17, 15) is 5.11 Å². The van der Waals surface area contributed by atoms with Gasteiger partial charge in [-0.2, -0.15) is 0 Å². The van der Waals surface area contributed by atoms with Crippen LogP contribution >= 0.6 is 0 Å². The van der Waals surface area contributed by atoms with Gasteiger partial charge in [-0.05, 0) is 48.3 Å². The van der Waals surface area contributed by atoms with E-state index in [1.54, 1.807) is 0 Å². The maximum atomic E-state index is 9.73. The summed E-state index contributed by atoms with van der Waals surface area (Å²) in [4.78, 5) is 0. The zero-order chi connectivity index (χ0) is 6.46. The quantitative estimate of drug-likeness (QED) is 0.524. The fourth-order valence-electron chi connectivity index (χ4n) is 4.15. The van der Waals surface area contributed by atoms with Crippen LogP contribution in [0.1, 0.15) is 12.8 Å². The lowest BCUT2D eigenvalue weighted by Crippen LogP contribution is -2.20. The van der Waals surface area contributed by atoms with Gasteiger partial charge >= 0.3 is 0 Å². The van der Waals surface area contributed by atoms with Crippen LogP contribution in [0, 0.1) is 35.5 Å². The summed E-state index contributed by atoms with van der Waals surface area (Å²) < 4.78 is 0. The van der Waals surface area contributed by atoms with Crippen molar-refractivity contribution in [3.05, 3.63) is 0 Å². The minimum absolute atomic E-state index is 0.146. The Morgan fingerprint density at radius 3 is 1.50 bits per heavy atom.